The molecule has 2 fully saturated rings. The fourth-order valence-electron chi connectivity index (χ4n) is 2.81. The zero-order valence-corrected chi connectivity index (χ0v) is 12.5. The average Bonchev–Trinajstić information content (AvgIpc) is 2.27. The third-order valence-corrected chi connectivity index (χ3v) is 5.76. The Balaban J connectivity index is 2.10. The summed E-state index contributed by atoms with van der Waals surface area (Å²) in [6, 6.07) is 0. The van der Waals surface area contributed by atoms with Gasteiger partial charge in [-0.2, -0.15) is 17.0 Å². The van der Waals surface area contributed by atoms with Gasteiger partial charge in [-0.15, -0.1) is 0 Å². The van der Waals surface area contributed by atoms with Gasteiger partial charge >= 0.3 is 0 Å². The van der Waals surface area contributed by atoms with Crippen LogP contribution in [0.4, 0.5) is 0 Å². The van der Waals surface area contributed by atoms with E-state index in [4.69, 9.17) is 0 Å². The third kappa shape index (κ3) is 3.04. The van der Waals surface area contributed by atoms with Crippen LogP contribution in [-0.4, -0.2) is 55.3 Å². The summed E-state index contributed by atoms with van der Waals surface area (Å²) in [7, 11) is -3.26. The predicted molar refractivity (Wildman–Crippen MR) is 72.5 cm³/mol. The van der Waals surface area contributed by atoms with Gasteiger partial charge in [0.15, 0.2) is 0 Å². The Labute approximate surface area is 111 Å². The van der Waals surface area contributed by atoms with Gasteiger partial charge in [0.1, 0.15) is 0 Å². The maximum atomic E-state index is 12.6. The topological polar surface area (TPSA) is 52.7 Å². The summed E-state index contributed by atoms with van der Waals surface area (Å²) >= 11 is 0. The molecule has 18 heavy (non-hydrogen) atoms. The summed E-state index contributed by atoms with van der Waals surface area (Å²) in [4.78, 5) is 0. The maximum absolute atomic E-state index is 12.6. The van der Waals surface area contributed by atoms with Crippen molar-refractivity contribution < 1.29 is 8.42 Å². The molecule has 2 heterocycles. The van der Waals surface area contributed by atoms with Crippen molar-refractivity contribution >= 4 is 10.2 Å². The predicted octanol–water partition coefficient (Wildman–Crippen LogP) is 0.647. The molecule has 0 aromatic heterocycles. The highest BCUT2D eigenvalue weighted by molar-refractivity contribution is 7.86. The standard InChI is InChI=1S/C12H25N3O2S/c1-11-5-4-7-14(9-11)18(16,17)15-8-6-13-12(2,3)10-15/h11,13H,4-10H2,1-3H3. The SMILES string of the molecule is CC1CCCN(S(=O)(=O)N2CCNC(C)(C)C2)C1. The van der Waals surface area contributed by atoms with Crippen molar-refractivity contribution in [2.75, 3.05) is 32.7 Å². The van der Waals surface area contributed by atoms with Crippen molar-refractivity contribution in [1.82, 2.24) is 13.9 Å². The van der Waals surface area contributed by atoms with E-state index in [0.29, 0.717) is 32.1 Å². The lowest BCUT2D eigenvalue weighted by Gasteiger charge is -2.41. The Morgan fingerprint density at radius 2 is 1.94 bits per heavy atom. The molecule has 5 nitrogen and oxygen atoms in total. The van der Waals surface area contributed by atoms with E-state index in [1.165, 1.54) is 0 Å². The van der Waals surface area contributed by atoms with E-state index in [1.807, 2.05) is 13.8 Å². The van der Waals surface area contributed by atoms with Gasteiger partial charge in [-0.05, 0) is 32.6 Å². The van der Waals surface area contributed by atoms with Gasteiger partial charge < -0.3 is 5.32 Å². The molecule has 2 saturated heterocycles. The van der Waals surface area contributed by atoms with Crippen molar-refractivity contribution in [2.24, 2.45) is 5.92 Å². The van der Waals surface area contributed by atoms with E-state index in [2.05, 4.69) is 12.2 Å². The molecule has 0 radical (unpaired) electrons. The molecule has 0 spiro atoms. The Kier molecular flexibility index (Phi) is 4.02. The lowest BCUT2D eigenvalue weighted by Crippen LogP contribution is -2.61. The summed E-state index contributed by atoms with van der Waals surface area (Å²) in [6.07, 6.45) is 2.12. The number of hydrogen-bond acceptors (Lipinski definition) is 3. The van der Waals surface area contributed by atoms with Crippen LogP contribution in [0.3, 0.4) is 0 Å². The van der Waals surface area contributed by atoms with E-state index in [-0.39, 0.29) is 5.54 Å². The van der Waals surface area contributed by atoms with Gasteiger partial charge in [-0.3, -0.25) is 0 Å². The highest BCUT2D eigenvalue weighted by Crippen LogP contribution is 2.22. The number of piperazine rings is 1. The monoisotopic (exact) mass is 275 g/mol. The van der Waals surface area contributed by atoms with Crippen molar-refractivity contribution in [3.8, 4) is 0 Å². The average molecular weight is 275 g/mol. The number of rotatable bonds is 2. The van der Waals surface area contributed by atoms with Crippen molar-refractivity contribution in [3.63, 3.8) is 0 Å². The molecule has 2 aliphatic heterocycles. The zero-order valence-electron chi connectivity index (χ0n) is 11.6. The maximum Gasteiger partial charge on any atom is 0.282 e. The van der Waals surface area contributed by atoms with Gasteiger partial charge in [-0.25, -0.2) is 0 Å². The molecular weight excluding hydrogens is 250 g/mol. The van der Waals surface area contributed by atoms with Gasteiger partial charge in [-0.1, -0.05) is 6.92 Å². The van der Waals surface area contributed by atoms with Gasteiger partial charge in [0, 0.05) is 38.3 Å². The first-order valence-electron chi connectivity index (χ1n) is 6.81. The molecule has 106 valence electrons. The fourth-order valence-corrected chi connectivity index (χ4v) is 4.75. The van der Waals surface area contributed by atoms with Gasteiger partial charge in [0.2, 0.25) is 0 Å². The van der Waals surface area contributed by atoms with Crippen molar-refractivity contribution in [1.29, 1.82) is 0 Å². The van der Waals surface area contributed by atoms with Gasteiger partial charge in [0.05, 0.1) is 0 Å². The second kappa shape index (κ2) is 5.07. The highest BCUT2D eigenvalue weighted by atomic mass is 32.2. The molecular formula is C12H25N3O2S. The van der Waals surface area contributed by atoms with Crippen LogP contribution >= 0.6 is 0 Å². The van der Waals surface area contributed by atoms with Crippen LogP contribution < -0.4 is 5.32 Å². The number of nitrogens with zero attached hydrogens (tertiary/aromatic N) is 2. The lowest BCUT2D eigenvalue weighted by atomic mass is 10.0. The van der Waals surface area contributed by atoms with Crippen LogP contribution in [0.5, 0.6) is 0 Å². The van der Waals surface area contributed by atoms with Crippen LogP contribution in [0.2, 0.25) is 0 Å². The molecule has 2 aliphatic rings. The minimum Gasteiger partial charge on any atom is -0.309 e. The molecule has 0 bridgehead atoms. The zero-order chi connectivity index (χ0) is 13.4. The molecule has 0 aliphatic carbocycles. The summed E-state index contributed by atoms with van der Waals surface area (Å²) < 4.78 is 28.5. The largest absolute Gasteiger partial charge is 0.309 e. The Morgan fingerprint density at radius 1 is 1.22 bits per heavy atom. The smallest absolute Gasteiger partial charge is 0.282 e. The first kappa shape index (κ1) is 14.2. The highest BCUT2D eigenvalue weighted by Gasteiger charge is 2.37. The lowest BCUT2D eigenvalue weighted by molar-refractivity contribution is 0.205. The summed E-state index contributed by atoms with van der Waals surface area (Å²) in [5, 5.41) is 3.35. The van der Waals surface area contributed by atoms with E-state index < -0.39 is 10.2 Å². The Morgan fingerprint density at radius 3 is 2.56 bits per heavy atom. The Bertz CT molecular complexity index is 394. The molecule has 0 amide bonds. The third-order valence-electron chi connectivity index (χ3n) is 3.81. The minimum atomic E-state index is -3.26. The molecule has 1 atom stereocenters. The molecule has 6 heteroatoms. The molecule has 0 aromatic rings. The molecule has 2 rings (SSSR count). The first-order chi connectivity index (χ1) is 8.31. The van der Waals surface area contributed by atoms with Crippen molar-refractivity contribution in [3.05, 3.63) is 0 Å². The normalized spacial score (nSPS) is 31.4. The van der Waals surface area contributed by atoms with Crippen LogP contribution in [0.15, 0.2) is 0 Å². The number of nitrogens with one attached hydrogen (secondary N) is 1. The first-order valence-corrected chi connectivity index (χ1v) is 8.21. The Hall–Kier alpha value is -0.170. The fraction of sp³-hybridized carbons (Fsp3) is 1.00. The van der Waals surface area contributed by atoms with Crippen LogP contribution in [-0.2, 0) is 10.2 Å². The number of hydrogen-bond donors (Lipinski definition) is 1. The quantitative estimate of drug-likeness (QED) is 0.805. The molecule has 1 unspecified atom stereocenters. The van der Waals surface area contributed by atoms with E-state index in [9.17, 15) is 8.42 Å². The second-order valence-corrected chi connectivity index (χ2v) is 8.19. The van der Waals surface area contributed by atoms with E-state index in [0.717, 1.165) is 19.4 Å². The van der Waals surface area contributed by atoms with E-state index in [1.54, 1.807) is 8.61 Å². The molecule has 1 N–H and O–H groups in total. The second-order valence-electron chi connectivity index (χ2n) is 6.26. The van der Waals surface area contributed by atoms with Gasteiger partial charge in [0.25, 0.3) is 10.2 Å². The summed E-state index contributed by atoms with van der Waals surface area (Å²) in [5.74, 6) is 0.476. The number of piperidine rings is 1. The minimum absolute atomic E-state index is 0.132. The van der Waals surface area contributed by atoms with Crippen LogP contribution in [0, 0.1) is 5.92 Å². The molecule has 0 aromatic carbocycles. The van der Waals surface area contributed by atoms with Crippen LogP contribution in [0.1, 0.15) is 33.6 Å². The summed E-state index contributed by atoms with van der Waals surface area (Å²) in [6.45, 7) is 9.45. The van der Waals surface area contributed by atoms with E-state index >= 15 is 0 Å². The summed E-state index contributed by atoms with van der Waals surface area (Å²) in [5.41, 5.74) is -0.132. The van der Waals surface area contributed by atoms with Crippen LogP contribution in [0.25, 0.3) is 0 Å². The van der Waals surface area contributed by atoms with Crippen molar-refractivity contribution in [2.45, 2.75) is 39.2 Å². The molecule has 0 saturated carbocycles.